The number of carbonyl (C=O) groups excluding carboxylic acids is 2. The van der Waals surface area contributed by atoms with Gasteiger partial charge in [0.15, 0.2) is 5.78 Å². The van der Waals surface area contributed by atoms with Gasteiger partial charge in [0.1, 0.15) is 11.4 Å². The average Bonchev–Trinajstić information content (AvgIpc) is 4.11. The molecule has 11 heteroatoms. The molecule has 1 amide bonds. The number of ketones is 1. The second-order valence-corrected chi connectivity index (χ2v) is 16.3. The van der Waals surface area contributed by atoms with E-state index in [1.165, 1.54) is 0 Å². The minimum Gasteiger partial charge on any atom is -0.481 e. The number of rotatable bonds is 14. The lowest BCUT2D eigenvalue weighted by molar-refractivity contribution is -0.142. The molecule has 290 valence electrons. The number of hydrogen-bond acceptors (Lipinski definition) is 8. The Kier molecular flexibility index (Phi) is 10.6. The Morgan fingerprint density at radius 1 is 0.679 bits per heavy atom. The van der Waals surface area contributed by atoms with Crippen molar-refractivity contribution in [2.75, 3.05) is 31.5 Å². The average molecular weight is 756 g/mol. The summed E-state index contributed by atoms with van der Waals surface area (Å²) in [5.74, 6) is -1.66. The van der Waals surface area contributed by atoms with E-state index in [0.29, 0.717) is 67.9 Å². The fraction of sp³-hybridized carbons (Fsp3) is 0.422. The van der Waals surface area contributed by atoms with E-state index >= 15 is 0 Å². The summed E-state index contributed by atoms with van der Waals surface area (Å²) in [5.41, 5.74) is 10.7. The van der Waals surface area contributed by atoms with Crippen molar-refractivity contribution in [2.45, 2.75) is 83.7 Å². The summed E-state index contributed by atoms with van der Waals surface area (Å²) in [6, 6.07) is 15.7. The Morgan fingerprint density at radius 3 is 1.73 bits per heavy atom. The van der Waals surface area contributed by atoms with Crippen LogP contribution >= 0.6 is 0 Å². The second kappa shape index (κ2) is 15.7. The molecule has 3 N–H and O–H groups in total. The monoisotopic (exact) mass is 755 g/mol. The number of Topliss-reactive ketones (excluding diaryl/α,β-unsaturated/α-hetero) is 1. The Balaban J connectivity index is 0.961. The molecule has 2 atom stereocenters. The van der Waals surface area contributed by atoms with E-state index in [2.05, 4.69) is 25.1 Å². The molecule has 4 aliphatic rings. The predicted octanol–water partition coefficient (Wildman–Crippen LogP) is 7.01. The van der Waals surface area contributed by atoms with Crippen LogP contribution in [0.5, 0.6) is 0 Å². The third kappa shape index (κ3) is 8.15. The first-order valence-electron chi connectivity index (χ1n) is 19.9. The summed E-state index contributed by atoms with van der Waals surface area (Å²) in [6.45, 7) is 7.86. The highest BCUT2D eigenvalue weighted by atomic mass is 16.4. The third-order valence-electron chi connectivity index (χ3n) is 12.3. The number of likely N-dealkylation sites (tertiary alicyclic amines) is 2. The first kappa shape index (κ1) is 37.7. The number of nitrogens with one attached hydrogen (secondary N) is 1. The summed E-state index contributed by atoms with van der Waals surface area (Å²) in [5, 5.41) is 22.0. The van der Waals surface area contributed by atoms with Crippen molar-refractivity contribution >= 4 is 29.3 Å². The molecule has 4 aromatic rings. The van der Waals surface area contributed by atoms with Gasteiger partial charge in [-0.3, -0.25) is 38.9 Å². The van der Waals surface area contributed by atoms with Crippen molar-refractivity contribution < 1.29 is 29.4 Å². The van der Waals surface area contributed by atoms with Crippen molar-refractivity contribution in [3.05, 3.63) is 111 Å². The second-order valence-electron chi connectivity index (χ2n) is 16.3. The van der Waals surface area contributed by atoms with Gasteiger partial charge in [0.2, 0.25) is 0 Å². The summed E-state index contributed by atoms with van der Waals surface area (Å²) < 4.78 is 0. The van der Waals surface area contributed by atoms with Crippen molar-refractivity contribution in [1.82, 2.24) is 19.8 Å². The number of benzene rings is 2. The zero-order chi connectivity index (χ0) is 39.1. The number of aromatic nitrogens is 2. The smallest absolute Gasteiger partial charge is 0.307 e. The van der Waals surface area contributed by atoms with Crippen LogP contribution in [0.4, 0.5) is 5.69 Å². The first-order valence-corrected chi connectivity index (χ1v) is 19.9. The maximum Gasteiger partial charge on any atom is 0.307 e. The van der Waals surface area contributed by atoms with Gasteiger partial charge in [-0.25, -0.2) is 0 Å². The molecule has 4 heterocycles. The minimum atomic E-state index is -0.746. The molecule has 2 aliphatic heterocycles. The topological polar surface area (TPSA) is 153 Å². The Bertz CT molecular complexity index is 2060. The van der Waals surface area contributed by atoms with Gasteiger partial charge in [-0.05, 0) is 146 Å². The highest BCUT2D eigenvalue weighted by molar-refractivity contribution is 6.04. The zero-order valence-electron chi connectivity index (χ0n) is 32.1. The van der Waals surface area contributed by atoms with Gasteiger partial charge in [-0.2, -0.15) is 0 Å². The lowest BCUT2D eigenvalue weighted by atomic mass is 9.90. The van der Waals surface area contributed by atoms with E-state index in [1.807, 2.05) is 68.6 Å². The zero-order valence-corrected chi connectivity index (χ0v) is 32.1. The number of carboxylic acids is 2. The van der Waals surface area contributed by atoms with Gasteiger partial charge in [-0.1, -0.05) is 30.3 Å². The number of nitrogens with zero attached hydrogens (tertiary/aromatic N) is 4. The van der Waals surface area contributed by atoms with E-state index in [0.717, 1.165) is 88.8 Å². The van der Waals surface area contributed by atoms with Crippen molar-refractivity contribution in [3.63, 3.8) is 0 Å². The van der Waals surface area contributed by atoms with Gasteiger partial charge < -0.3 is 15.5 Å². The molecular formula is C45H49N5O6. The van der Waals surface area contributed by atoms with Crippen LogP contribution in [-0.4, -0.2) is 79.8 Å². The van der Waals surface area contributed by atoms with Crippen molar-refractivity contribution in [2.24, 2.45) is 11.8 Å². The number of hydrogen-bond donors (Lipinski definition) is 3. The number of carbonyl (C=O) groups is 4. The minimum absolute atomic E-state index is 0.0440. The number of pyridine rings is 2. The highest BCUT2D eigenvalue weighted by Gasteiger charge is 2.33. The quantitative estimate of drug-likeness (QED) is 0.115. The largest absolute Gasteiger partial charge is 0.481 e. The van der Waals surface area contributed by atoms with Gasteiger partial charge >= 0.3 is 11.9 Å². The molecule has 2 saturated heterocycles. The van der Waals surface area contributed by atoms with E-state index in [9.17, 15) is 29.4 Å². The molecule has 2 aliphatic carbocycles. The summed E-state index contributed by atoms with van der Waals surface area (Å²) in [4.78, 5) is 63.9. The van der Waals surface area contributed by atoms with E-state index in [1.54, 1.807) is 6.20 Å². The summed E-state index contributed by atoms with van der Waals surface area (Å²) in [7, 11) is 0. The maximum atomic E-state index is 13.8. The lowest BCUT2D eigenvalue weighted by Crippen LogP contribution is -2.24. The number of aliphatic carboxylic acids is 2. The maximum absolute atomic E-state index is 13.8. The summed E-state index contributed by atoms with van der Waals surface area (Å²) in [6.07, 6.45) is 9.44. The molecule has 8 rings (SSSR count). The van der Waals surface area contributed by atoms with Crippen LogP contribution < -0.4 is 5.32 Å². The van der Waals surface area contributed by atoms with E-state index in [-0.39, 0.29) is 29.9 Å². The molecule has 0 radical (unpaired) electrons. The van der Waals surface area contributed by atoms with Crippen LogP contribution in [0, 0.1) is 25.7 Å². The van der Waals surface area contributed by atoms with Crippen LogP contribution in [0.15, 0.2) is 60.9 Å². The molecule has 2 aromatic heterocycles. The molecule has 11 nitrogen and oxygen atoms in total. The molecule has 4 fully saturated rings. The van der Waals surface area contributed by atoms with E-state index in [4.69, 9.17) is 0 Å². The van der Waals surface area contributed by atoms with Crippen LogP contribution in [-0.2, 0) is 29.1 Å². The van der Waals surface area contributed by atoms with Crippen molar-refractivity contribution in [3.8, 4) is 11.1 Å². The Hall–Kier alpha value is -5.26. The third-order valence-corrected chi connectivity index (χ3v) is 12.3. The molecule has 2 saturated carbocycles. The SMILES string of the molecule is Cc1c(CC(=O)c2cc(C3CC3)c(CN3CC[C@H](C(=O)O)C3)cn2)cccc1-c1cccc(NC(=O)c2cc(C3CC3)c(CN3CC[C@H](C(=O)O)C3)cn2)c1C. The fourth-order valence-corrected chi connectivity index (χ4v) is 8.61. The molecule has 56 heavy (non-hydrogen) atoms. The Morgan fingerprint density at radius 2 is 1.20 bits per heavy atom. The van der Waals surface area contributed by atoms with Gasteiger partial charge in [0, 0.05) is 50.7 Å². The molecular weight excluding hydrogens is 707 g/mol. The summed E-state index contributed by atoms with van der Waals surface area (Å²) >= 11 is 0. The van der Waals surface area contributed by atoms with Crippen LogP contribution in [0.1, 0.15) is 110 Å². The molecule has 2 aromatic carbocycles. The van der Waals surface area contributed by atoms with Crippen molar-refractivity contribution in [1.29, 1.82) is 0 Å². The van der Waals surface area contributed by atoms with Gasteiger partial charge in [0.05, 0.1) is 11.8 Å². The number of amides is 1. The highest BCUT2D eigenvalue weighted by Crippen LogP contribution is 2.43. The van der Waals surface area contributed by atoms with Crippen LogP contribution in [0.25, 0.3) is 11.1 Å². The Labute approximate surface area is 327 Å². The first-order chi connectivity index (χ1) is 27.0. The lowest BCUT2D eigenvalue weighted by Gasteiger charge is -2.19. The molecule has 0 unspecified atom stereocenters. The van der Waals surface area contributed by atoms with Gasteiger partial charge in [0.25, 0.3) is 5.91 Å². The predicted molar refractivity (Wildman–Crippen MR) is 212 cm³/mol. The number of carboxylic acid groups (broad SMARTS) is 2. The van der Waals surface area contributed by atoms with E-state index < -0.39 is 11.9 Å². The number of anilines is 1. The van der Waals surface area contributed by atoms with Gasteiger partial charge in [-0.15, -0.1) is 0 Å². The standard InChI is InChI=1S/C45H49N5O6/c1-26-30(17-42(51)40-18-37(28-9-10-28)33(20-46-40)24-49-15-13-31(22-49)44(53)54)5-3-6-35(26)36-7-4-8-39(27(36)2)48-43(52)41-19-38(29-11-12-29)34(21-47-41)25-50-16-14-32(23-50)45(55)56/h3-8,18-21,28-29,31-32H,9-17,22-25H2,1-2H3,(H,48,52)(H,53,54)(H,55,56)/t31-,32-/m0/s1. The molecule has 0 bridgehead atoms. The van der Waals surface area contributed by atoms with Crippen LogP contribution in [0.3, 0.4) is 0 Å². The van der Waals surface area contributed by atoms with Crippen LogP contribution in [0.2, 0.25) is 0 Å². The fourth-order valence-electron chi connectivity index (χ4n) is 8.61. The molecule has 0 spiro atoms. The normalized spacial score (nSPS) is 20.0.